The van der Waals surface area contributed by atoms with Gasteiger partial charge in [-0.05, 0) is 61.1 Å². The van der Waals surface area contributed by atoms with E-state index in [0.29, 0.717) is 22.1 Å². The lowest BCUT2D eigenvalue weighted by Crippen LogP contribution is -2.18. The highest BCUT2D eigenvalue weighted by atomic mass is 32.2. The van der Waals surface area contributed by atoms with Crippen molar-refractivity contribution in [2.24, 2.45) is 0 Å². The van der Waals surface area contributed by atoms with Crippen LogP contribution in [0.2, 0.25) is 0 Å². The molecular weight excluding hydrogens is 324 g/mol. The normalized spacial score (nSPS) is 15.1. The van der Waals surface area contributed by atoms with E-state index in [0.717, 1.165) is 29.4 Å². The highest BCUT2D eigenvalue weighted by molar-refractivity contribution is 7.90. The third-order valence-corrected chi connectivity index (χ3v) is 5.84. The molecule has 0 aliphatic heterocycles. The van der Waals surface area contributed by atoms with Crippen molar-refractivity contribution in [2.45, 2.75) is 30.6 Å². The lowest BCUT2D eigenvalue weighted by molar-refractivity contribution is 0.601. The molecule has 6 heteroatoms. The second kappa shape index (κ2) is 5.08. The van der Waals surface area contributed by atoms with Gasteiger partial charge >= 0.3 is 0 Å². The van der Waals surface area contributed by atoms with Gasteiger partial charge in [-0.2, -0.15) is 0 Å². The molecule has 1 aromatic carbocycles. The third kappa shape index (κ3) is 2.38. The average molecular weight is 342 g/mol. The van der Waals surface area contributed by atoms with Gasteiger partial charge in [0.2, 0.25) is 0 Å². The maximum Gasteiger partial charge on any atom is 0.255 e. The van der Waals surface area contributed by atoms with Crippen LogP contribution in [0.5, 0.6) is 0 Å². The van der Waals surface area contributed by atoms with Gasteiger partial charge in [0.1, 0.15) is 0 Å². The molecule has 4 rings (SSSR count). The number of sulfone groups is 1. The highest BCUT2D eigenvalue weighted by Crippen LogP contribution is 2.43. The number of aryl methyl sites for hydroxylation is 1. The Morgan fingerprint density at radius 1 is 1.17 bits per heavy atom. The molecule has 1 aliphatic rings. The third-order valence-electron chi connectivity index (χ3n) is 4.58. The van der Waals surface area contributed by atoms with E-state index in [1.807, 2.05) is 6.20 Å². The molecule has 5 nitrogen and oxygen atoms in total. The Labute approximate surface area is 139 Å². The van der Waals surface area contributed by atoms with E-state index in [1.165, 1.54) is 12.3 Å². The fraction of sp³-hybridized carbons (Fsp3) is 0.278. The molecule has 1 aliphatic carbocycles. The number of fused-ring (bicyclic) bond motifs is 1. The van der Waals surface area contributed by atoms with E-state index >= 15 is 0 Å². The first-order valence-corrected chi connectivity index (χ1v) is 9.79. The van der Waals surface area contributed by atoms with Gasteiger partial charge in [-0.25, -0.2) is 8.42 Å². The maximum atomic E-state index is 12.6. The monoisotopic (exact) mass is 342 g/mol. The summed E-state index contributed by atoms with van der Waals surface area (Å²) in [4.78, 5) is 16.1. The minimum absolute atomic E-state index is 0.115. The van der Waals surface area contributed by atoms with Crippen molar-refractivity contribution in [1.29, 1.82) is 0 Å². The number of H-pyrrole nitrogens is 1. The first kappa shape index (κ1) is 15.2. The molecule has 2 heterocycles. The number of rotatable bonds is 3. The quantitative estimate of drug-likeness (QED) is 0.795. The lowest BCUT2D eigenvalue weighted by Gasteiger charge is -2.12. The zero-order valence-electron chi connectivity index (χ0n) is 13.5. The van der Waals surface area contributed by atoms with Crippen LogP contribution < -0.4 is 5.56 Å². The topological polar surface area (TPSA) is 71.9 Å². The number of benzene rings is 1. The second-order valence-electron chi connectivity index (χ2n) is 6.51. The number of hydrogen-bond acceptors (Lipinski definition) is 3. The van der Waals surface area contributed by atoms with Gasteiger partial charge in [0.15, 0.2) is 9.84 Å². The summed E-state index contributed by atoms with van der Waals surface area (Å²) in [5.74, 6) is 0.503. The van der Waals surface area contributed by atoms with Gasteiger partial charge in [-0.1, -0.05) is 0 Å². The minimum Gasteiger partial charge on any atom is -0.360 e. The Bertz CT molecular complexity index is 1120. The van der Waals surface area contributed by atoms with E-state index in [4.69, 9.17) is 0 Å². The zero-order chi connectivity index (χ0) is 17.1. The molecule has 124 valence electrons. The summed E-state index contributed by atoms with van der Waals surface area (Å²) in [6.07, 6.45) is 5.46. The predicted octanol–water partition coefficient (Wildman–Crippen LogP) is 2.91. The summed E-state index contributed by atoms with van der Waals surface area (Å²) in [5.41, 5.74) is 4.19. The Morgan fingerprint density at radius 3 is 2.54 bits per heavy atom. The number of hydrogen-bond donors (Lipinski definition) is 1. The van der Waals surface area contributed by atoms with Crippen molar-refractivity contribution in [3.05, 3.63) is 58.0 Å². The molecule has 2 aromatic heterocycles. The van der Waals surface area contributed by atoms with E-state index in [-0.39, 0.29) is 5.56 Å². The summed E-state index contributed by atoms with van der Waals surface area (Å²) in [7, 11) is -3.28. The largest absolute Gasteiger partial charge is 0.360 e. The van der Waals surface area contributed by atoms with Crippen LogP contribution in [0, 0.1) is 6.92 Å². The molecule has 1 saturated carbocycles. The molecule has 0 atom stereocenters. The Morgan fingerprint density at radius 2 is 1.92 bits per heavy atom. The predicted molar refractivity (Wildman–Crippen MR) is 93.7 cm³/mol. The van der Waals surface area contributed by atoms with Gasteiger partial charge in [0.05, 0.1) is 15.9 Å². The van der Waals surface area contributed by atoms with Gasteiger partial charge in [0, 0.05) is 24.2 Å². The summed E-state index contributed by atoms with van der Waals surface area (Å²) in [5, 5.41) is 0. The first-order valence-electron chi connectivity index (χ1n) is 7.90. The molecule has 3 aromatic rings. The van der Waals surface area contributed by atoms with Crippen molar-refractivity contribution < 1.29 is 8.42 Å². The standard InChI is InChI=1S/C18H18N2O3S/c1-11-9-13(5-7-16(11)24(2,22)23)20-17(21)8-6-15-18(20)14(10-19-15)12-3-4-12/h5-10,12,19H,3-4H2,1-2H3. The van der Waals surface area contributed by atoms with Crippen molar-refractivity contribution in [3.8, 4) is 5.69 Å². The molecule has 0 unspecified atom stereocenters. The fourth-order valence-electron chi connectivity index (χ4n) is 3.31. The molecule has 1 N–H and O–H groups in total. The molecule has 0 bridgehead atoms. The average Bonchev–Trinajstić information content (AvgIpc) is 3.26. The van der Waals surface area contributed by atoms with Crippen LogP contribution in [0.15, 0.2) is 46.2 Å². The van der Waals surface area contributed by atoms with Crippen molar-refractivity contribution >= 4 is 20.9 Å². The van der Waals surface area contributed by atoms with E-state index < -0.39 is 9.84 Å². The Hall–Kier alpha value is -2.34. The zero-order valence-corrected chi connectivity index (χ0v) is 14.4. The first-order chi connectivity index (χ1) is 11.4. The van der Waals surface area contributed by atoms with E-state index in [2.05, 4.69) is 4.98 Å². The molecule has 1 fully saturated rings. The van der Waals surface area contributed by atoms with Crippen molar-refractivity contribution in [3.63, 3.8) is 0 Å². The summed E-state index contributed by atoms with van der Waals surface area (Å²) in [6, 6.07) is 8.39. The number of pyridine rings is 1. The minimum atomic E-state index is -3.28. The lowest BCUT2D eigenvalue weighted by atomic mass is 10.1. The number of aromatic nitrogens is 2. The summed E-state index contributed by atoms with van der Waals surface area (Å²) < 4.78 is 25.3. The second-order valence-corrected chi connectivity index (χ2v) is 8.49. The number of nitrogens with zero attached hydrogens (tertiary/aromatic N) is 1. The van der Waals surface area contributed by atoms with Crippen LogP contribution in [-0.2, 0) is 9.84 Å². The fourth-order valence-corrected chi connectivity index (χ4v) is 4.27. The van der Waals surface area contributed by atoms with E-state index in [9.17, 15) is 13.2 Å². The van der Waals surface area contributed by atoms with Gasteiger partial charge in [0.25, 0.3) is 5.56 Å². The summed E-state index contributed by atoms with van der Waals surface area (Å²) in [6.45, 7) is 1.75. The van der Waals surface area contributed by atoms with Crippen molar-refractivity contribution in [1.82, 2.24) is 9.55 Å². The van der Waals surface area contributed by atoms with Crippen LogP contribution in [-0.4, -0.2) is 24.2 Å². The highest BCUT2D eigenvalue weighted by Gasteiger charge is 2.28. The van der Waals surface area contributed by atoms with Gasteiger partial charge < -0.3 is 4.98 Å². The van der Waals surface area contributed by atoms with Crippen LogP contribution in [0.3, 0.4) is 0 Å². The molecule has 0 amide bonds. The SMILES string of the molecule is Cc1cc(-n2c(=O)ccc3[nH]cc(C4CC4)c32)ccc1S(C)(=O)=O. The molecular formula is C18H18N2O3S. The number of nitrogens with one attached hydrogen (secondary N) is 1. The van der Waals surface area contributed by atoms with Crippen LogP contribution >= 0.6 is 0 Å². The Balaban J connectivity index is 2.00. The molecule has 0 radical (unpaired) electrons. The van der Waals surface area contributed by atoms with E-state index in [1.54, 1.807) is 35.8 Å². The molecule has 0 spiro atoms. The molecule has 0 saturated heterocycles. The molecule has 24 heavy (non-hydrogen) atoms. The van der Waals surface area contributed by atoms with Crippen LogP contribution in [0.4, 0.5) is 0 Å². The van der Waals surface area contributed by atoms with Gasteiger partial charge in [-0.3, -0.25) is 9.36 Å². The number of aromatic amines is 1. The Kier molecular flexibility index (Phi) is 3.22. The van der Waals surface area contributed by atoms with Crippen molar-refractivity contribution in [2.75, 3.05) is 6.26 Å². The van der Waals surface area contributed by atoms with Gasteiger partial charge in [-0.15, -0.1) is 0 Å². The smallest absolute Gasteiger partial charge is 0.255 e. The van der Waals surface area contributed by atoms with Crippen LogP contribution in [0.25, 0.3) is 16.7 Å². The van der Waals surface area contributed by atoms with Crippen LogP contribution in [0.1, 0.15) is 29.9 Å². The summed E-state index contributed by atoms with van der Waals surface area (Å²) >= 11 is 0. The maximum absolute atomic E-state index is 12.6.